The van der Waals surface area contributed by atoms with Gasteiger partial charge in [0.1, 0.15) is 17.9 Å². The first-order chi connectivity index (χ1) is 17.1. The maximum atomic E-state index is 13.3. The number of methoxy groups -OCH3 is 1. The Labute approximate surface area is 206 Å². The molecule has 0 saturated heterocycles. The van der Waals surface area contributed by atoms with Crippen molar-refractivity contribution in [1.82, 2.24) is 4.90 Å². The van der Waals surface area contributed by atoms with Crippen LogP contribution in [-0.4, -0.2) is 35.7 Å². The van der Waals surface area contributed by atoms with Crippen LogP contribution in [0.25, 0.3) is 10.8 Å². The minimum absolute atomic E-state index is 0.240. The second-order valence-corrected chi connectivity index (χ2v) is 8.49. The number of hydrogen-bond donors (Lipinski definition) is 1. The molecule has 4 aromatic rings. The summed E-state index contributed by atoms with van der Waals surface area (Å²) in [6, 6.07) is 30.6. The van der Waals surface area contributed by atoms with Crippen molar-refractivity contribution in [2.45, 2.75) is 32.2 Å². The summed E-state index contributed by atoms with van der Waals surface area (Å²) in [5.41, 5.74) is 2.76. The van der Waals surface area contributed by atoms with Crippen molar-refractivity contribution < 1.29 is 19.4 Å². The lowest BCUT2D eigenvalue weighted by Gasteiger charge is -2.33. The summed E-state index contributed by atoms with van der Waals surface area (Å²) in [6.45, 7) is 3.00. The quantitative estimate of drug-likeness (QED) is 0.310. The van der Waals surface area contributed by atoms with E-state index in [4.69, 9.17) is 9.47 Å². The molecule has 0 saturated carbocycles. The first-order valence-corrected chi connectivity index (χ1v) is 11.8. The van der Waals surface area contributed by atoms with E-state index in [1.807, 2.05) is 102 Å². The van der Waals surface area contributed by atoms with Crippen molar-refractivity contribution in [3.8, 4) is 5.75 Å². The van der Waals surface area contributed by atoms with E-state index >= 15 is 0 Å². The summed E-state index contributed by atoms with van der Waals surface area (Å²) in [7, 11) is 1.64. The van der Waals surface area contributed by atoms with E-state index in [-0.39, 0.29) is 6.61 Å². The fraction of sp³-hybridized carbons (Fsp3) is 0.233. The molecule has 0 spiro atoms. The molecule has 0 aliphatic heterocycles. The summed E-state index contributed by atoms with van der Waals surface area (Å²) in [6.07, 6.45) is -1.08. The van der Waals surface area contributed by atoms with E-state index in [9.17, 15) is 9.90 Å². The summed E-state index contributed by atoms with van der Waals surface area (Å²) in [5, 5.41) is 13.6. The molecule has 0 amide bonds. The monoisotopic (exact) mass is 469 g/mol. The van der Waals surface area contributed by atoms with Gasteiger partial charge < -0.3 is 14.6 Å². The van der Waals surface area contributed by atoms with Gasteiger partial charge in [0.2, 0.25) is 0 Å². The Morgan fingerprint density at radius 2 is 1.40 bits per heavy atom. The molecule has 0 aliphatic rings. The zero-order valence-corrected chi connectivity index (χ0v) is 20.1. The predicted octanol–water partition coefficient (Wildman–Crippen LogP) is 5.52. The number of carbonyl (C=O) groups is 1. The highest BCUT2D eigenvalue weighted by Crippen LogP contribution is 2.29. The molecule has 0 bridgehead atoms. The summed E-state index contributed by atoms with van der Waals surface area (Å²) in [4.78, 5) is 15.3. The molecule has 4 rings (SSSR count). The summed E-state index contributed by atoms with van der Waals surface area (Å²) >= 11 is 0. The molecule has 5 nitrogen and oxygen atoms in total. The van der Waals surface area contributed by atoms with Crippen LogP contribution in [-0.2, 0) is 22.6 Å². The molecule has 1 N–H and O–H groups in total. The molecule has 4 aromatic carbocycles. The van der Waals surface area contributed by atoms with Gasteiger partial charge in [-0.05, 0) is 52.6 Å². The number of aliphatic hydroxyl groups is 1. The Balaban J connectivity index is 1.72. The van der Waals surface area contributed by atoms with Gasteiger partial charge in [0.15, 0.2) is 0 Å². The van der Waals surface area contributed by atoms with Crippen LogP contribution < -0.4 is 4.74 Å². The molecule has 180 valence electrons. The second kappa shape index (κ2) is 11.6. The molecule has 0 aromatic heterocycles. The Kier molecular flexibility index (Phi) is 8.14. The molecule has 0 heterocycles. The van der Waals surface area contributed by atoms with Gasteiger partial charge in [0.05, 0.1) is 13.7 Å². The number of benzene rings is 4. The molecule has 35 heavy (non-hydrogen) atoms. The number of fused-ring (bicyclic) bond motifs is 1. The molecular formula is C30H31NO4. The molecule has 0 fully saturated rings. The SMILES string of the molecule is CCOC(=O)[C@H]([C@H](O)c1ccc2cc(OC)ccc2c1)N(Cc1ccccc1)Cc1ccccc1. The molecule has 5 heteroatoms. The Hall–Kier alpha value is -3.67. The largest absolute Gasteiger partial charge is 0.497 e. The average Bonchev–Trinajstić information content (AvgIpc) is 2.89. The van der Waals surface area contributed by atoms with Gasteiger partial charge in [-0.3, -0.25) is 9.69 Å². The highest BCUT2D eigenvalue weighted by atomic mass is 16.5. The third-order valence-corrected chi connectivity index (χ3v) is 6.09. The second-order valence-electron chi connectivity index (χ2n) is 8.49. The van der Waals surface area contributed by atoms with Crippen LogP contribution in [0.5, 0.6) is 5.75 Å². The number of ether oxygens (including phenoxy) is 2. The van der Waals surface area contributed by atoms with Crippen LogP contribution in [0, 0.1) is 0 Å². The van der Waals surface area contributed by atoms with Crippen LogP contribution in [0.15, 0.2) is 97.1 Å². The fourth-order valence-electron chi connectivity index (χ4n) is 4.33. The van der Waals surface area contributed by atoms with Crippen LogP contribution in [0.4, 0.5) is 0 Å². The average molecular weight is 470 g/mol. The number of carbonyl (C=O) groups excluding carboxylic acids is 1. The summed E-state index contributed by atoms with van der Waals surface area (Å²) in [5.74, 6) is 0.328. The third-order valence-electron chi connectivity index (χ3n) is 6.09. The van der Waals surface area contributed by atoms with Crippen molar-refractivity contribution >= 4 is 16.7 Å². The van der Waals surface area contributed by atoms with Crippen LogP contribution in [0.2, 0.25) is 0 Å². The lowest BCUT2D eigenvalue weighted by atomic mass is 9.96. The Morgan fingerprint density at radius 1 is 0.829 bits per heavy atom. The van der Waals surface area contributed by atoms with Crippen LogP contribution >= 0.6 is 0 Å². The van der Waals surface area contributed by atoms with Crippen molar-refractivity contribution in [2.24, 2.45) is 0 Å². The molecular weight excluding hydrogens is 438 g/mol. The van der Waals surface area contributed by atoms with Crippen LogP contribution in [0.3, 0.4) is 0 Å². The maximum absolute atomic E-state index is 13.3. The van der Waals surface area contributed by atoms with Crippen molar-refractivity contribution in [1.29, 1.82) is 0 Å². The van der Waals surface area contributed by atoms with Gasteiger partial charge in [0.25, 0.3) is 0 Å². The highest BCUT2D eigenvalue weighted by Gasteiger charge is 2.35. The zero-order chi connectivity index (χ0) is 24.6. The number of hydrogen-bond acceptors (Lipinski definition) is 5. The minimum atomic E-state index is -1.08. The van der Waals surface area contributed by atoms with Crippen molar-refractivity contribution in [3.63, 3.8) is 0 Å². The van der Waals surface area contributed by atoms with Crippen molar-refractivity contribution in [3.05, 3.63) is 114 Å². The van der Waals surface area contributed by atoms with Gasteiger partial charge in [-0.15, -0.1) is 0 Å². The number of nitrogens with zero attached hydrogens (tertiary/aromatic N) is 1. The van der Waals surface area contributed by atoms with Gasteiger partial charge in [-0.1, -0.05) is 78.9 Å². The van der Waals surface area contributed by atoms with Crippen molar-refractivity contribution in [2.75, 3.05) is 13.7 Å². The molecule has 0 aliphatic carbocycles. The minimum Gasteiger partial charge on any atom is -0.497 e. The first kappa shape index (κ1) is 24.5. The maximum Gasteiger partial charge on any atom is 0.326 e. The smallest absolute Gasteiger partial charge is 0.326 e. The van der Waals surface area contributed by atoms with E-state index in [0.717, 1.165) is 27.6 Å². The van der Waals surface area contributed by atoms with Crippen LogP contribution in [0.1, 0.15) is 29.7 Å². The zero-order valence-electron chi connectivity index (χ0n) is 20.1. The predicted molar refractivity (Wildman–Crippen MR) is 138 cm³/mol. The first-order valence-electron chi connectivity index (χ1n) is 11.8. The summed E-state index contributed by atoms with van der Waals surface area (Å²) < 4.78 is 10.8. The normalized spacial score (nSPS) is 12.9. The van der Waals surface area contributed by atoms with E-state index in [0.29, 0.717) is 18.7 Å². The van der Waals surface area contributed by atoms with Gasteiger partial charge in [0, 0.05) is 13.1 Å². The Morgan fingerprint density at radius 3 is 1.97 bits per heavy atom. The number of aliphatic hydroxyl groups excluding tert-OH is 1. The van der Waals surface area contributed by atoms with E-state index in [2.05, 4.69) is 0 Å². The lowest BCUT2D eigenvalue weighted by Crippen LogP contribution is -2.45. The van der Waals surface area contributed by atoms with E-state index < -0.39 is 18.1 Å². The number of esters is 1. The van der Waals surface area contributed by atoms with E-state index in [1.54, 1.807) is 14.0 Å². The van der Waals surface area contributed by atoms with E-state index in [1.165, 1.54) is 0 Å². The highest BCUT2D eigenvalue weighted by molar-refractivity contribution is 5.85. The molecule has 0 radical (unpaired) electrons. The third kappa shape index (κ3) is 6.07. The number of rotatable bonds is 10. The van der Waals surface area contributed by atoms with Gasteiger partial charge in [-0.25, -0.2) is 0 Å². The molecule has 0 unspecified atom stereocenters. The Bertz CT molecular complexity index is 1200. The lowest BCUT2D eigenvalue weighted by molar-refractivity contribution is -0.155. The molecule has 2 atom stereocenters. The topological polar surface area (TPSA) is 59.0 Å². The van der Waals surface area contributed by atoms with Gasteiger partial charge in [-0.2, -0.15) is 0 Å². The fourth-order valence-corrected chi connectivity index (χ4v) is 4.33. The standard InChI is InChI=1S/C30H31NO4/c1-3-35-30(33)28(29(32)26-15-14-25-19-27(34-2)17-16-24(25)18-26)31(20-22-10-6-4-7-11-22)21-23-12-8-5-9-13-23/h4-19,28-29,32H,3,20-21H2,1-2H3/t28-,29+/m0/s1. The van der Waals surface area contributed by atoms with Gasteiger partial charge >= 0.3 is 5.97 Å².